The number of thioether (sulfide) groups is 1. The highest BCUT2D eigenvalue weighted by Crippen LogP contribution is 2.27. The first-order valence-corrected chi connectivity index (χ1v) is 8.70. The largest absolute Gasteiger partial charge is 0.294 e. The van der Waals surface area contributed by atoms with Gasteiger partial charge >= 0.3 is 0 Å². The van der Waals surface area contributed by atoms with Crippen molar-refractivity contribution in [2.75, 3.05) is 11.5 Å². The molecule has 1 nitrogen and oxygen atoms in total. The lowest BCUT2D eigenvalue weighted by Gasteiger charge is -2.04. The number of carbonyl (C=O) groups is 1. The minimum absolute atomic E-state index is 0.238. The summed E-state index contributed by atoms with van der Waals surface area (Å²) < 4.78 is 0. The van der Waals surface area contributed by atoms with Crippen molar-refractivity contribution in [2.45, 2.75) is 23.1 Å². The molecule has 0 atom stereocenters. The summed E-state index contributed by atoms with van der Waals surface area (Å²) in [7, 11) is 0. The summed E-state index contributed by atoms with van der Waals surface area (Å²) in [4.78, 5) is 14.3. The first kappa shape index (κ1) is 15.2. The molecule has 0 spiro atoms. The van der Waals surface area contributed by atoms with E-state index < -0.39 is 0 Å². The van der Waals surface area contributed by atoms with Crippen molar-refractivity contribution in [3.05, 3.63) is 60.2 Å². The number of carbonyl (C=O) groups excluding carboxylic acids is 1. The van der Waals surface area contributed by atoms with E-state index in [0.717, 1.165) is 22.0 Å². The van der Waals surface area contributed by atoms with Gasteiger partial charge in [-0.1, -0.05) is 49.0 Å². The predicted molar refractivity (Wildman–Crippen MR) is 89.0 cm³/mol. The van der Waals surface area contributed by atoms with Crippen LogP contribution < -0.4 is 0 Å². The van der Waals surface area contributed by atoms with Gasteiger partial charge in [-0.05, 0) is 30.0 Å². The van der Waals surface area contributed by atoms with Crippen molar-refractivity contribution in [3.8, 4) is 0 Å². The van der Waals surface area contributed by atoms with Crippen LogP contribution in [0.25, 0.3) is 0 Å². The molecule has 20 heavy (non-hydrogen) atoms. The third-order valence-electron chi connectivity index (χ3n) is 2.83. The van der Waals surface area contributed by atoms with E-state index in [1.165, 1.54) is 4.90 Å². The Bertz CT molecular complexity index is 535. The molecule has 0 aliphatic rings. The topological polar surface area (TPSA) is 17.1 Å². The van der Waals surface area contributed by atoms with Gasteiger partial charge in [0.1, 0.15) is 0 Å². The molecule has 3 heteroatoms. The lowest BCUT2D eigenvalue weighted by atomic mass is 10.1. The fourth-order valence-corrected chi connectivity index (χ4v) is 3.24. The van der Waals surface area contributed by atoms with Crippen LogP contribution in [0.2, 0.25) is 0 Å². The highest BCUT2D eigenvalue weighted by Gasteiger charge is 2.05. The van der Waals surface area contributed by atoms with Gasteiger partial charge in [0.25, 0.3) is 0 Å². The van der Waals surface area contributed by atoms with Crippen molar-refractivity contribution < 1.29 is 4.79 Å². The molecule has 0 amide bonds. The van der Waals surface area contributed by atoms with Crippen LogP contribution in [-0.4, -0.2) is 17.3 Å². The number of rotatable bonds is 7. The van der Waals surface area contributed by atoms with Gasteiger partial charge in [-0.2, -0.15) is 11.8 Å². The smallest absolute Gasteiger partial charge is 0.163 e. The van der Waals surface area contributed by atoms with Gasteiger partial charge in [-0.15, -0.1) is 0 Å². The van der Waals surface area contributed by atoms with Crippen molar-refractivity contribution in [2.24, 2.45) is 0 Å². The Morgan fingerprint density at radius 1 is 0.950 bits per heavy atom. The van der Waals surface area contributed by atoms with E-state index in [9.17, 15) is 4.79 Å². The lowest BCUT2D eigenvalue weighted by Crippen LogP contribution is -2.00. The Labute approximate surface area is 129 Å². The molecule has 0 radical (unpaired) electrons. The number of hydrogen-bond donors (Lipinski definition) is 0. The maximum absolute atomic E-state index is 12.0. The molecule has 0 aliphatic carbocycles. The Morgan fingerprint density at radius 3 is 2.25 bits per heavy atom. The van der Waals surface area contributed by atoms with E-state index in [-0.39, 0.29) is 5.78 Å². The summed E-state index contributed by atoms with van der Waals surface area (Å²) >= 11 is 3.53. The Kier molecular flexibility index (Phi) is 6.22. The Hall–Kier alpha value is -1.19. The minimum Gasteiger partial charge on any atom is -0.294 e. The highest BCUT2D eigenvalue weighted by molar-refractivity contribution is 7.99. The van der Waals surface area contributed by atoms with Crippen molar-refractivity contribution in [1.29, 1.82) is 0 Å². The molecule has 0 saturated carbocycles. The summed E-state index contributed by atoms with van der Waals surface area (Å²) in [5.74, 6) is 2.22. The fraction of sp³-hybridized carbons (Fsp3) is 0.235. The second kappa shape index (κ2) is 8.18. The van der Waals surface area contributed by atoms with Crippen LogP contribution in [0.5, 0.6) is 0 Å². The van der Waals surface area contributed by atoms with Gasteiger partial charge in [-0.3, -0.25) is 4.79 Å². The SMILES string of the molecule is CCSCCC(=O)c1ccc(Sc2ccccc2)cc1. The van der Waals surface area contributed by atoms with Gasteiger partial charge in [-0.25, -0.2) is 0 Å². The van der Waals surface area contributed by atoms with Crippen LogP contribution in [0.15, 0.2) is 64.4 Å². The first-order chi connectivity index (χ1) is 9.79. The van der Waals surface area contributed by atoms with Crippen LogP contribution in [0, 0.1) is 0 Å². The molecule has 0 fully saturated rings. The summed E-state index contributed by atoms with van der Waals surface area (Å²) in [5.41, 5.74) is 0.819. The van der Waals surface area contributed by atoms with Gasteiger partial charge in [0, 0.05) is 27.5 Å². The van der Waals surface area contributed by atoms with E-state index in [2.05, 4.69) is 19.1 Å². The third kappa shape index (κ3) is 4.73. The molecule has 0 unspecified atom stereocenters. The zero-order chi connectivity index (χ0) is 14.2. The Morgan fingerprint density at radius 2 is 1.60 bits per heavy atom. The van der Waals surface area contributed by atoms with Crippen LogP contribution in [0.3, 0.4) is 0 Å². The number of ketones is 1. The maximum atomic E-state index is 12.0. The van der Waals surface area contributed by atoms with Crippen LogP contribution in [-0.2, 0) is 0 Å². The van der Waals surface area contributed by atoms with Gasteiger partial charge < -0.3 is 0 Å². The normalized spacial score (nSPS) is 10.4. The molecule has 2 rings (SSSR count). The quantitative estimate of drug-likeness (QED) is 0.519. The predicted octanol–water partition coefficient (Wildman–Crippen LogP) is 5.16. The molecular weight excluding hydrogens is 284 g/mol. The average molecular weight is 302 g/mol. The van der Waals surface area contributed by atoms with Crippen molar-refractivity contribution in [3.63, 3.8) is 0 Å². The third-order valence-corrected chi connectivity index (χ3v) is 4.75. The summed E-state index contributed by atoms with van der Waals surface area (Å²) in [6, 6.07) is 18.2. The second-order valence-electron chi connectivity index (χ2n) is 4.31. The van der Waals surface area contributed by atoms with E-state index >= 15 is 0 Å². The summed E-state index contributed by atoms with van der Waals surface area (Å²) in [5, 5.41) is 0. The molecule has 0 saturated heterocycles. The number of hydrogen-bond acceptors (Lipinski definition) is 3. The summed E-state index contributed by atoms with van der Waals surface area (Å²) in [6.07, 6.45) is 0.629. The van der Waals surface area contributed by atoms with Crippen LogP contribution in [0.1, 0.15) is 23.7 Å². The van der Waals surface area contributed by atoms with E-state index in [1.54, 1.807) is 11.8 Å². The molecule has 2 aromatic carbocycles. The minimum atomic E-state index is 0.238. The number of benzene rings is 2. The molecule has 0 aliphatic heterocycles. The zero-order valence-electron chi connectivity index (χ0n) is 11.5. The van der Waals surface area contributed by atoms with Crippen LogP contribution in [0.4, 0.5) is 0 Å². The van der Waals surface area contributed by atoms with Crippen molar-refractivity contribution in [1.82, 2.24) is 0 Å². The van der Waals surface area contributed by atoms with Crippen LogP contribution >= 0.6 is 23.5 Å². The highest BCUT2D eigenvalue weighted by atomic mass is 32.2. The lowest BCUT2D eigenvalue weighted by molar-refractivity contribution is 0.0989. The monoisotopic (exact) mass is 302 g/mol. The average Bonchev–Trinajstić information content (AvgIpc) is 2.49. The molecule has 0 N–H and O–H groups in total. The van der Waals surface area contributed by atoms with Gasteiger partial charge in [0.2, 0.25) is 0 Å². The maximum Gasteiger partial charge on any atom is 0.163 e. The molecule has 0 bridgehead atoms. The molecule has 0 heterocycles. The second-order valence-corrected chi connectivity index (χ2v) is 6.85. The van der Waals surface area contributed by atoms with Crippen molar-refractivity contribution >= 4 is 29.3 Å². The molecule has 2 aromatic rings. The van der Waals surface area contributed by atoms with Gasteiger partial charge in [0.05, 0.1) is 0 Å². The van der Waals surface area contributed by atoms with Gasteiger partial charge in [0.15, 0.2) is 5.78 Å². The van der Waals surface area contributed by atoms with E-state index in [4.69, 9.17) is 0 Å². The Balaban J connectivity index is 1.94. The standard InChI is InChI=1S/C17H18OS2/c1-2-19-13-12-17(18)14-8-10-16(11-9-14)20-15-6-4-3-5-7-15/h3-11H,2,12-13H2,1H3. The van der Waals surface area contributed by atoms with E-state index in [1.807, 2.05) is 54.2 Å². The number of Topliss-reactive ketones (excluding diaryl/α,β-unsaturated/α-hetero) is 1. The summed E-state index contributed by atoms with van der Waals surface area (Å²) in [6.45, 7) is 2.12. The first-order valence-electron chi connectivity index (χ1n) is 6.73. The van der Waals surface area contributed by atoms with E-state index in [0.29, 0.717) is 6.42 Å². The molecular formula is C17H18OS2. The molecule has 0 aromatic heterocycles. The zero-order valence-corrected chi connectivity index (χ0v) is 13.2. The fourth-order valence-electron chi connectivity index (χ4n) is 1.79. The molecule has 104 valence electrons.